The molecule has 228 valence electrons. The maximum atomic E-state index is 15.0. The largest absolute Gasteiger partial charge is 0.389 e. The third-order valence-electron chi connectivity index (χ3n) is 6.36. The molecule has 0 heterocycles. The van der Waals surface area contributed by atoms with Crippen molar-refractivity contribution in [3.8, 4) is 0 Å². The first kappa shape index (κ1) is 32.7. The average molecular weight is 687 g/mol. The van der Waals surface area contributed by atoms with Gasteiger partial charge < -0.3 is 16.0 Å². The lowest BCUT2D eigenvalue weighted by atomic mass is 10.1. The van der Waals surface area contributed by atoms with Crippen LogP contribution >= 0.6 is 46.4 Å². The lowest BCUT2D eigenvalue weighted by Gasteiger charge is -2.14. The number of rotatable bonds is 8. The van der Waals surface area contributed by atoms with Gasteiger partial charge in [-0.05, 0) is 48.0 Å². The number of carbonyl (C=O) groups excluding carboxylic acids is 3. The van der Waals surface area contributed by atoms with Gasteiger partial charge in [0.2, 0.25) is 11.8 Å². The first-order valence-corrected chi connectivity index (χ1v) is 13.6. The molecular weight excluding hydrogens is 670 g/mol. The Bertz CT molecular complexity index is 1620. The Labute approximate surface area is 259 Å². The monoisotopic (exact) mass is 685 g/mol. The van der Waals surface area contributed by atoms with E-state index in [0.29, 0.717) is 11.6 Å². The van der Waals surface area contributed by atoms with Crippen molar-refractivity contribution >= 4 is 81.2 Å². The quantitative estimate of drug-likeness (QED) is 0.164. The molecule has 0 spiro atoms. The number of alkyl halides is 5. The van der Waals surface area contributed by atoms with Crippen molar-refractivity contribution in [3.63, 3.8) is 0 Å². The second kappa shape index (κ2) is 12.4. The van der Waals surface area contributed by atoms with Crippen LogP contribution in [0, 0.1) is 23.4 Å². The van der Waals surface area contributed by atoms with Gasteiger partial charge in [-0.1, -0.05) is 29.3 Å². The fraction of sp³-hybridized carbons (Fsp3) is 0.222. The molecule has 2 atom stereocenters. The van der Waals surface area contributed by atoms with Gasteiger partial charge in [0.1, 0.15) is 21.7 Å². The van der Waals surface area contributed by atoms with Crippen molar-refractivity contribution in [2.75, 3.05) is 16.0 Å². The second-order valence-corrected chi connectivity index (χ2v) is 11.6. The van der Waals surface area contributed by atoms with Crippen molar-refractivity contribution in [3.05, 3.63) is 87.2 Å². The van der Waals surface area contributed by atoms with Crippen LogP contribution in [0.25, 0.3) is 0 Å². The number of anilines is 3. The lowest BCUT2D eigenvalue weighted by molar-refractivity contribution is -0.142. The van der Waals surface area contributed by atoms with Crippen LogP contribution in [0.4, 0.5) is 43.4 Å². The molecule has 0 saturated heterocycles. The van der Waals surface area contributed by atoms with Gasteiger partial charge >= 0.3 is 6.18 Å². The molecule has 1 aliphatic carbocycles. The second-order valence-electron chi connectivity index (χ2n) is 9.39. The Morgan fingerprint density at radius 1 is 0.837 bits per heavy atom. The molecule has 0 aliphatic heterocycles. The zero-order valence-electron chi connectivity index (χ0n) is 21.2. The first-order chi connectivity index (χ1) is 20.0. The molecule has 1 aliphatic rings. The Morgan fingerprint density at radius 3 is 2.16 bits per heavy atom. The third-order valence-corrected chi connectivity index (χ3v) is 7.92. The van der Waals surface area contributed by atoms with Crippen molar-refractivity contribution in [1.82, 2.24) is 0 Å². The molecule has 4 rings (SSSR count). The molecule has 3 N–H and O–H groups in total. The molecule has 0 unspecified atom stereocenters. The van der Waals surface area contributed by atoms with E-state index in [1.165, 1.54) is 24.3 Å². The van der Waals surface area contributed by atoms with Gasteiger partial charge in [0.25, 0.3) is 5.91 Å². The highest BCUT2D eigenvalue weighted by molar-refractivity contribution is 6.53. The molecule has 1 saturated carbocycles. The summed E-state index contributed by atoms with van der Waals surface area (Å²) in [5, 5.41) is 6.09. The van der Waals surface area contributed by atoms with Crippen LogP contribution in [-0.2, 0) is 9.59 Å². The Kier molecular flexibility index (Phi) is 9.46. The van der Waals surface area contributed by atoms with Gasteiger partial charge in [0.05, 0.1) is 33.6 Å². The molecule has 3 amide bonds. The summed E-state index contributed by atoms with van der Waals surface area (Å²) in [5.41, 5.74) is -1.48. The fourth-order valence-corrected chi connectivity index (χ4v) is 5.40. The molecule has 1 fully saturated rings. The predicted molar refractivity (Wildman–Crippen MR) is 150 cm³/mol. The highest BCUT2D eigenvalue weighted by Crippen LogP contribution is 2.65. The van der Waals surface area contributed by atoms with Gasteiger partial charge in [-0.3, -0.25) is 14.4 Å². The van der Waals surface area contributed by atoms with E-state index in [-0.39, 0.29) is 21.3 Å². The molecule has 6 nitrogen and oxygen atoms in total. The summed E-state index contributed by atoms with van der Waals surface area (Å²) >= 11 is 24.6. The van der Waals surface area contributed by atoms with E-state index in [4.69, 9.17) is 46.4 Å². The van der Waals surface area contributed by atoms with Crippen LogP contribution in [0.1, 0.15) is 34.7 Å². The molecule has 0 bridgehead atoms. The fourth-order valence-electron chi connectivity index (χ4n) is 4.18. The predicted octanol–water partition coefficient (Wildman–Crippen LogP) is 8.47. The normalized spacial score (nSPS) is 17.3. The van der Waals surface area contributed by atoms with Crippen LogP contribution in [0.15, 0.2) is 48.5 Å². The molecule has 3 aromatic carbocycles. The topological polar surface area (TPSA) is 87.3 Å². The summed E-state index contributed by atoms with van der Waals surface area (Å²) in [5.74, 6) is -8.11. The summed E-state index contributed by atoms with van der Waals surface area (Å²) in [6, 6.07) is 9.04. The van der Waals surface area contributed by atoms with Gasteiger partial charge in [-0.25, -0.2) is 13.2 Å². The van der Waals surface area contributed by atoms with Gasteiger partial charge in [0.15, 0.2) is 5.82 Å². The van der Waals surface area contributed by atoms with Gasteiger partial charge in [-0.2, -0.15) is 13.2 Å². The Hall–Kier alpha value is -3.19. The summed E-state index contributed by atoms with van der Waals surface area (Å²) < 4.78 is 78.2. The standard InChI is InChI=1S/C27H17Cl4F6N3O3/c28-14-3-2-12(38-25(43)21-20(27(21,30)31)11-1-4-16(32)15(29)9-11)10-13(14)24(42)39-18-6-5-17(33)23(22(18)34)40-19(41)7-8-26(35,36)37/h1-6,9-10,20-21H,7-8H2,(H,38,43)(H,39,42)(H,40,41)/t20-,21+/m0/s1. The Morgan fingerprint density at radius 2 is 1.51 bits per heavy atom. The van der Waals surface area contributed by atoms with Crippen LogP contribution in [-0.4, -0.2) is 28.2 Å². The number of halogens is 10. The van der Waals surface area contributed by atoms with Crippen LogP contribution < -0.4 is 16.0 Å². The minimum absolute atomic E-state index is 0.0590. The maximum Gasteiger partial charge on any atom is 0.389 e. The number of benzene rings is 3. The van der Waals surface area contributed by atoms with E-state index in [9.17, 15) is 40.7 Å². The summed E-state index contributed by atoms with van der Waals surface area (Å²) in [6.45, 7) is 0. The number of hydrogen-bond acceptors (Lipinski definition) is 3. The summed E-state index contributed by atoms with van der Waals surface area (Å²) in [4.78, 5) is 37.7. The van der Waals surface area contributed by atoms with Crippen molar-refractivity contribution < 1.29 is 40.7 Å². The molecule has 3 aromatic rings. The molecule has 43 heavy (non-hydrogen) atoms. The van der Waals surface area contributed by atoms with Crippen molar-refractivity contribution in [2.24, 2.45) is 5.92 Å². The number of nitrogens with one attached hydrogen (secondary N) is 3. The van der Waals surface area contributed by atoms with Crippen molar-refractivity contribution in [2.45, 2.75) is 29.3 Å². The maximum absolute atomic E-state index is 15.0. The number of hydrogen-bond donors (Lipinski definition) is 3. The average Bonchev–Trinajstić information content (AvgIpc) is 3.50. The van der Waals surface area contributed by atoms with E-state index in [2.05, 4.69) is 10.6 Å². The van der Waals surface area contributed by atoms with Crippen LogP contribution in [0.3, 0.4) is 0 Å². The van der Waals surface area contributed by atoms with E-state index in [1.54, 1.807) is 5.32 Å². The van der Waals surface area contributed by atoms with E-state index >= 15 is 0 Å². The SMILES string of the molecule is O=C(CCC(F)(F)F)Nc1c(F)ccc(NC(=O)c2cc(NC(=O)[C@H]3[C@H](c4ccc(F)c(Cl)c4)C3(Cl)Cl)ccc2Cl)c1F. The molecule has 0 aromatic heterocycles. The third kappa shape index (κ3) is 7.49. The highest BCUT2D eigenvalue weighted by Gasteiger charge is 2.67. The smallest absolute Gasteiger partial charge is 0.326 e. The Balaban J connectivity index is 1.48. The lowest BCUT2D eigenvalue weighted by Crippen LogP contribution is -2.20. The van der Waals surface area contributed by atoms with E-state index < -0.39 is 81.7 Å². The van der Waals surface area contributed by atoms with Crippen molar-refractivity contribution in [1.29, 1.82) is 0 Å². The van der Waals surface area contributed by atoms with E-state index in [1.807, 2.05) is 0 Å². The molecular formula is C27H17Cl4F6N3O3. The summed E-state index contributed by atoms with van der Waals surface area (Å²) in [6.07, 6.45) is -7.25. The zero-order valence-corrected chi connectivity index (χ0v) is 24.2. The zero-order chi connectivity index (χ0) is 31.9. The minimum atomic E-state index is -4.66. The van der Waals surface area contributed by atoms with Crippen LogP contribution in [0.5, 0.6) is 0 Å². The molecule has 16 heteroatoms. The van der Waals surface area contributed by atoms with Crippen LogP contribution in [0.2, 0.25) is 10.0 Å². The van der Waals surface area contributed by atoms with Gasteiger partial charge in [-0.15, -0.1) is 23.2 Å². The number of amides is 3. The number of carbonyl (C=O) groups is 3. The summed E-state index contributed by atoms with van der Waals surface area (Å²) in [7, 11) is 0. The minimum Gasteiger partial charge on any atom is -0.326 e. The van der Waals surface area contributed by atoms with Gasteiger partial charge in [0, 0.05) is 18.0 Å². The van der Waals surface area contributed by atoms with E-state index in [0.717, 1.165) is 18.2 Å². The molecule has 0 radical (unpaired) electrons. The highest BCUT2D eigenvalue weighted by atomic mass is 35.5. The first-order valence-electron chi connectivity index (χ1n) is 12.1.